The molecular weight excluding hydrogens is 248 g/mol. The summed E-state index contributed by atoms with van der Waals surface area (Å²) < 4.78 is 9.43. The number of benzene rings is 1. The zero-order valence-corrected chi connectivity index (χ0v) is 10.4. The fourth-order valence-corrected chi connectivity index (χ4v) is 2.07. The topological polar surface area (TPSA) is 84.0 Å². The Morgan fingerprint density at radius 2 is 2.17 bits per heavy atom. The van der Waals surface area contributed by atoms with Gasteiger partial charge in [0, 0.05) is 6.54 Å². The molecule has 92 valence electrons. The number of para-hydroxylation sites is 1. The maximum absolute atomic E-state index is 8.89. The van der Waals surface area contributed by atoms with Crippen LogP contribution in [0.4, 0.5) is 10.8 Å². The Balaban J connectivity index is 1.81. The fraction of sp³-hybridized carbons (Fsp3) is 0.167. The third-order valence-electron chi connectivity index (χ3n) is 2.23. The molecule has 2 aromatic rings. The molecule has 0 aliphatic rings. The van der Waals surface area contributed by atoms with Gasteiger partial charge in [-0.05, 0) is 23.7 Å². The highest BCUT2D eigenvalue weighted by Gasteiger charge is 2.09. The Hall–Kier alpha value is -2.26. The number of ether oxygens (including phenoxy) is 1. The Labute approximate surface area is 109 Å². The van der Waals surface area contributed by atoms with Crippen molar-refractivity contribution in [2.45, 2.75) is 0 Å². The molecule has 0 saturated heterocycles. The lowest BCUT2D eigenvalue weighted by Crippen LogP contribution is -2.11. The molecule has 1 aromatic carbocycles. The Morgan fingerprint density at radius 1 is 1.39 bits per heavy atom. The first kappa shape index (κ1) is 12.2. The standard InChI is InChI=1S/C12H12N4OS/c13-8-10-11(14)16-18-12(10)15-6-7-17-9-4-2-1-3-5-9/h1-5,15H,6-7H2,(H2,14,16). The Kier molecular flexibility index (Phi) is 3.99. The lowest BCUT2D eigenvalue weighted by atomic mass is 10.3. The van der Waals surface area contributed by atoms with Gasteiger partial charge in [-0.15, -0.1) is 0 Å². The number of nitriles is 1. The van der Waals surface area contributed by atoms with Crippen molar-refractivity contribution in [1.29, 1.82) is 5.26 Å². The number of hydrogen-bond acceptors (Lipinski definition) is 6. The van der Waals surface area contributed by atoms with Crippen molar-refractivity contribution in [2.24, 2.45) is 0 Å². The molecule has 0 radical (unpaired) electrons. The summed E-state index contributed by atoms with van der Waals surface area (Å²) in [5.41, 5.74) is 5.96. The second-order valence-electron chi connectivity index (χ2n) is 3.47. The number of nitrogens with zero attached hydrogens (tertiary/aromatic N) is 2. The summed E-state index contributed by atoms with van der Waals surface area (Å²) in [7, 11) is 0. The summed E-state index contributed by atoms with van der Waals surface area (Å²) in [5.74, 6) is 1.10. The zero-order chi connectivity index (χ0) is 12.8. The summed E-state index contributed by atoms with van der Waals surface area (Å²) in [4.78, 5) is 0. The van der Waals surface area contributed by atoms with Crippen LogP contribution in [0, 0.1) is 11.3 Å². The van der Waals surface area contributed by atoms with Gasteiger partial charge in [0.15, 0.2) is 5.82 Å². The van der Waals surface area contributed by atoms with Crippen molar-refractivity contribution in [3.05, 3.63) is 35.9 Å². The molecule has 0 fully saturated rings. The number of hydrogen-bond donors (Lipinski definition) is 2. The normalized spacial score (nSPS) is 9.72. The first-order chi connectivity index (χ1) is 8.81. The number of anilines is 2. The molecular formula is C12H12N4OS. The number of nitrogens with one attached hydrogen (secondary N) is 1. The van der Waals surface area contributed by atoms with Crippen LogP contribution >= 0.6 is 11.5 Å². The van der Waals surface area contributed by atoms with E-state index in [1.807, 2.05) is 36.4 Å². The molecule has 0 saturated carbocycles. The van der Waals surface area contributed by atoms with Crippen molar-refractivity contribution >= 4 is 22.4 Å². The quantitative estimate of drug-likeness (QED) is 0.804. The predicted octanol–water partition coefficient (Wildman–Crippen LogP) is 2.09. The van der Waals surface area contributed by atoms with E-state index in [-0.39, 0.29) is 5.82 Å². The van der Waals surface area contributed by atoms with Gasteiger partial charge in [0.2, 0.25) is 0 Å². The first-order valence-electron chi connectivity index (χ1n) is 5.38. The van der Waals surface area contributed by atoms with E-state index < -0.39 is 0 Å². The molecule has 18 heavy (non-hydrogen) atoms. The van der Waals surface area contributed by atoms with E-state index in [0.717, 1.165) is 5.75 Å². The molecule has 5 nitrogen and oxygen atoms in total. The third-order valence-corrected chi connectivity index (χ3v) is 3.05. The van der Waals surface area contributed by atoms with Gasteiger partial charge >= 0.3 is 0 Å². The van der Waals surface area contributed by atoms with Crippen LogP contribution in [0.2, 0.25) is 0 Å². The SMILES string of the molecule is N#Cc1c(N)nsc1NCCOc1ccccc1. The second-order valence-corrected chi connectivity index (χ2v) is 4.25. The van der Waals surface area contributed by atoms with E-state index in [1.165, 1.54) is 11.5 Å². The van der Waals surface area contributed by atoms with Crippen molar-refractivity contribution in [3.63, 3.8) is 0 Å². The molecule has 1 aromatic heterocycles. The van der Waals surface area contributed by atoms with Crippen LogP contribution < -0.4 is 15.8 Å². The zero-order valence-electron chi connectivity index (χ0n) is 9.59. The van der Waals surface area contributed by atoms with Crippen LogP contribution in [0.15, 0.2) is 30.3 Å². The van der Waals surface area contributed by atoms with Crippen LogP contribution in [0.25, 0.3) is 0 Å². The highest BCUT2D eigenvalue weighted by atomic mass is 32.1. The lowest BCUT2D eigenvalue weighted by molar-refractivity contribution is 0.333. The summed E-state index contributed by atoms with van der Waals surface area (Å²) in [6, 6.07) is 11.6. The highest BCUT2D eigenvalue weighted by molar-refractivity contribution is 7.10. The number of nitrogens with two attached hydrogens (primary N) is 1. The van der Waals surface area contributed by atoms with Gasteiger partial charge in [-0.25, -0.2) is 0 Å². The molecule has 6 heteroatoms. The fourth-order valence-electron chi connectivity index (χ4n) is 1.38. The van der Waals surface area contributed by atoms with Crippen LogP contribution in [-0.2, 0) is 0 Å². The molecule has 0 bridgehead atoms. The molecule has 0 atom stereocenters. The van der Waals surface area contributed by atoms with E-state index in [1.54, 1.807) is 0 Å². The minimum absolute atomic E-state index is 0.272. The van der Waals surface area contributed by atoms with Crippen LogP contribution in [0.3, 0.4) is 0 Å². The van der Waals surface area contributed by atoms with Crippen molar-refractivity contribution in [2.75, 3.05) is 24.2 Å². The van der Waals surface area contributed by atoms with Crippen LogP contribution in [0.5, 0.6) is 5.75 Å². The predicted molar refractivity (Wildman–Crippen MR) is 71.7 cm³/mol. The summed E-state index contributed by atoms with van der Waals surface area (Å²) in [5, 5.41) is 12.7. The van der Waals surface area contributed by atoms with E-state index in [0.29, 0.717) is 23.7 Å². The average molecular weight is 260 g/mol. The Bertz CT molecular complexity index is 547. The molecule has 0 spiro atoms. The number of rotatable bonds is 5. The molecule has 0 aliphatic carbocycles. The van der Waals surface area contributed by atoms with Gasteiger partial charge in [-0.1, -0.05) is 18.2 Å². The minimum Gasteiger partial charge on any atom is -0.492 e. The highest BCUT2D eigenvalue weighted by Crippen LogP contribution is 2.25. The molecule has 0 amide bonds. The monoisotopic (exact) mass is 260 g/mol. The molecule has 2 rings (SSSR count). The van der Waals surface area contributed by atoms with Gasteiger partial charge < -0.3 is 15.8 Å². The summed E-state index contributed by atoms with van der Waals surface area (Å²) >= 11 is 1.18. The van der Waals surface area contributed by atoms with E-state index in [9.17, 15) is 0 Å². The average Bonchev–Trinajstić information content (AvgIpc) is 2.76. The van der Waals surface area contributed by atoms with Gasteiger partial charge in [0.25, 0.3) is 0 Å². The maximum Gasteiger partial charge on any atom is 0.157 e. The van der Waals surface area contributed by atoms with Crippen LogP contribution in [-0.4, -0.2) is 17.5 Å². The number of nitrogen functional groups attached to an aromatic ring is 1. The first-order valence-corrected chi connectivity index (χ1v) is 6.15. The van der Waals surface area contributed by atoms with Gasteiger partial charge in [0.05, 0.1) is 0 Å². The summed E-state index contributed by atoms with van der Waals surface area (Å²) in [6.07, 6.45) is 0. The molecule has 0 aliphatic heterocycles. The van der Waals surface area contributed by atoms with Crippen molar-refractivity contribution in [1.82, 2.24) is 4.37 Å². The lowest BCUT2D eigenvalue weighted by Gasteiger charge is -2.06. The van der Waals surface area contributed by atoms with Crippen molar-refractivity contribution in [3.8, 4) is 11.8 Å². The maximum atomic E-state index is 8.89. The third kappa shape index (κ3) is 2.90. The van der Waals surface area contributed by atoms with Crippen LogP contribution in [0.1, 0.15) is 5.56 Å². The number of aromatic nitrogens is 1. The van der Waals surface area contributed by atoms with E-state index in [4.69, 9.17) is 15.7 Å². The molecule has 1 heterocycles. The van der Waals surface area contributed by atoms with Gasteiger partial charge in [-0.2, -0.15) is 9.64 Å². The minimum atomic E-state index is 0.272. The largest absolute Gasteiger partial charge is 0.492 e. The molecule has 3 N–H and O–H groups in total. The van der Waals surface area contributed by atoms with Gasteiger partial charge in [-0.3, -0.25) is 0 Å². The smallest absolute Gasteiger partial charge is 0.157 e. The Morgan fingerprint density at radius 3 is 2.89 bits per heavy atom. The second kappa shape index (κ2) is 5.89. The molecule has 0 unspecified atom stereocenters. The van der Waals surface area contributed by atoms with E-state index >= 15 is 0 Å². The van der Waals surface area contributed by atoms with Gasteiger partial charge in [0.1, 0.15) is 29.0 Å². The van der Waals surface area contributed by atoms with E-state index in [2.05, 4.69) is 9.69 Å². The van der Waals surface area contributed by atoms with Crippen molar-refractivity contribution < 1.29 is 4.74 Å². The summed E-state index contributed by atoms with van der Waals surface area (Å²) in [6.45, 7) is 1.10.